The summed E-state index contributed by atoms with van der Waals surface area (Å²) in [6, 6.07) is 4.85. The van der Waals surface area contributed by atoms with Gasteiger partial charge >= 0.3 is 0 Å². The van der Waals surface area contributed by atoms with Gasteiger partial charge in [-0.05, 0) is 30.7 Å². The summed E-state index contributed by atoms with van der Waals surface area (Å²) in [6.45, 7) is -0.0597. The molecule has 21 heavy (non-hydrogen) atoms. The largest absolute Gasteiger partial charge is 0.325 e. The first kappa shape index (κ1) is 15.1. The molecule has 0 bridgehead atoms. The molecule has 0 radical (unpaired) electrons. The van der Waals surface area contributed by atoms with Crippen molar-refractivity contribution in [3.63, 3.8) is 0 Å². The summed E-state index contributed by atoms with van der Waals surface area (Å²) >= 11 is 0. The number of imide groups is 1. The number of rotatable bonds is 4. The Kier molecular flexibility index (Phi) is 4.64. The normalized spacial score (nSPS) is 18.8. The zero-order valence-corrected chi connectivity index (χ0v) is 11.6. The molecular formula is C14H16FN3O3. The maximum atomic E-state index is 12.7. The zero-order chi connectivity index (χ0) is 15.4. The zero-order valence-electron chi connectivity index (χ0n) is 11.6. The van der Waals surface area contributed by atoms with Crippen molar-refractivity contribution < 1.29 is 18.8 Å². The summed E-state index contributed by atoms with van der Waals surface area (Å²) in [7, 11) is 1.43. The number of likely N-dealkylation sites (tertiary alicyclic amines) is 1. The maximum Gasteiger partial charge on any atom is 0.246 e. The molecule has 6 nitrogen and oxygen atoms in total. The molecule has 1 saturated heterocycles. The van der Waals surface area contributed by atoms with Crippen LogP contribution >= 0.6 is 0 Å². The third kappa shape index (κ3) is 3.85. The molecule has 1 heterocycles. The van der Waals surface area contributed by atoms with E-state index in [-0.39, 0.29) is 36.5 Å². The molecule has 0 aliphatic carbocycles. The number of carbonyl (C=O) groups excluding carboxylic acids is 3. The van der Waals surface area contributed by atoms with Gasteiger partial charge in [-0.15, -0.1) is 0 Å². The highest BCUT2D eigenvalue weighted by Gasteiger charge is 2.31. The number of nitrogens with zero attached hydrogens (tertiary/aromatic N) is 1. The van der Waals surface area contributed by atoms with Crippen molar-refractivity contribution >= 4 is 23.4 Å². The van der Waals surface area contributed by atoms with Gasteiger partial charge in [0.1, 0.15) is 5.82 Å². The van der Waals surface area contributed by atoms with E-state index in [4.69, 9.17) is 0 Å². The predicted octanol–water partition coefficient (Wildman–Crippen LogP) is 0.501. The molecule has 2 N–H and O–H groups in total. The summed E-state index contributed by atoms with van der Waals surface area (Å²) < 4.78 is 12.7. The number of benzene rings is 1. The number of piperidine rings is 1. The fourth-order valence-corrected chi connectivity index (χ4v) is 2.06. The first-order valence-corrected chi connectivity index (χ1v) is 6.56. The highest BCUT2D eigenvalue weighted by atomic mass is 19.1. The van der Waals surface area contributed by atoms with E-state index in [0.29, 0.717) is 12.1 Å². The average Bonchev–Trinajstić information content (AvgIpc) is 2.46. The third-order valence-electron chi connectivity index (χ3n) is 3.29. The molecule has 0 saturated carbocycles. The van der Waals surface area contributed by atoms with Crippen LogP contribution in [0, 0.1) is 5.82 Å². The Hall–Kier alpha value is -2.28. The van der Waals surface area contributed by atoms with E-state index in [9.17, 15) is 18.8 Å². The number of hydrogen-bond donors (Lipinski definition) is 2. The number of carbonyl (C=O) groups is 3. The molecule has 3 amide bonds. The van der Waals surface area contributed by atoms with Crippen LogP contribution in [0.25, 0.3) is 0 Å². The Labute approximate surface area is 121 Å². The van der Waals surface area contributed by atoms with Gasteiger partial charge in [0.05, 0.1) is 12.6 Å². The first-order valence-electron chi connectivity index (χ1n) is 6.56. The van der Waals surface area contributed by atoms with Crippen LogP contribution in [0.5, 0.6) is 0 Å². The molecule has 0 spiro atoms. The highest BCUT2D eigenvalue weighted by Crippen LogP contribution is 2.11. The monoisotopic (exact) mass is 293 g/mol. The summed E-state index contributed by atoms with van der Waals surface area (Å²) in [5.74, 6) is -1.27. The molecule has 1 aliphatic heterocycles. The van der Waals surface area contributed by atoms with E-state index in [1.807, 2.05) is 0 Å². The van der Waals surface area contributed by atoms with Gasteiger partial charge in [0.2, 0.25) is 17.7 Å². The first-order chi connectivity index (χ1) is 9.97. The topological polar surface area (TPSA) is 78.5 Å². The van der Waals surface area contributed by atoms with E-state index in [0.717, 1.165) is 4.90 Å². The molecule has 2 rings (SSSR count). The molecular weight excluding hydrogens is 277 g/mol. The lowest BCUT2D eigenvalue weighted by atomic mass is 10.0. The number of amides is 3. The SMILES string of the molecule is CN1C(=O)CCC(NCC(=O)Nc2ccc(F)cc2)C1=O. The van der Waals surface area contributed by atoms with Gasteiger partial charge in [-0.2, -0.15) is 0 Å². The smallest absolute Gasteiger partial charge is 0.246 e. The van der Waals surface area contributed by atoms with Gasteiger partial charge in [0, 0.05) is 19.2 Å². The van der Waals surface area contributed by atoms with Crippen LogP contribution in [0.4, 0.5) is 10.1 Å². The van der Waals surface area contributed by atoms with Crippen molar-refractivity contribution in [2.45, 2.75) is 18.9 Å². The molecule has 1 atom stereocenters. The second kappa shape index (κ2) is 6.45. The van der Waals surface area contributed by atoms with Crippen LogP contribution in [0.3, 0.4) is 0 Å². The highest BCUT2D eigenvalue weighted by molar-refractivity contribution is 6.00. The van der Waals surface area contributed by atoms with Crippen LogP contribution in [0.15, 0.2) is 24.3 Å². The van der Waals surface area contributed by atoms with Gasteiger partial charge in [0.15, 0.2) is 0 Å². The van der Waals surface area contributed by atoms with Crippen LogP contribution < -0.4 is 10.6 Å². The standard InChI is InChI=1S/C14H16FN3O3/c1-18-13(20)7-6-11(14(18)21)16-8-12(19)17-10-4-2-9(15)3-5-10/h2-5,11,16H,6-8H2,1H3,(H,17,19). The van der Waals surface area contributed by atoms with Gasteiger partial charge < -0.3 is 5.32 Å². The summed E-state index contributed by atoms with van der Waals surface area (Å²) in [5.41, 5.74) is 0.477. The lowest BCUT2D eigenvalue weighted by Crippen LogP contribution is -2.52. The summed E-state index contributed by atoms with van der Waals surface area (Å²) in [4.78, 5) is 35.9. The van der Waals surface area contributed by atoms with Crippen molar-refractivity contribution in [1.82, 2.24) is 10.2 Å². The second-order valence-electron chi connectivity index (χ2n) is 4.82. The predicted molar refractivity (Wildman–Crippen MR) is 73.8 cm³/mol. The van der Waals surface area contributed by atoms with E-state index in [2.05, 4.69) is 10.6 Å². The minimum atomic E-state index is -0.535. The molecule has 0 aromatic heterocycles. The fraction of sp³-hybridized carbons (Fsp3) is 0.357. The van der Waals surface area contributed by atoms with Crippen LogP contribution in [-0.2, 0) is 14.4 Å². The Bertz CT molecular complexity index is 559. The van der Waals surface area contributed by atoms with E-state index >= 15 is 0 Å². The minimum Gasteiger partial charge on any atom is -0.325 e. The van der Waals surface area contributed by atoms with Gasteiger partial charge in [-0.3, -0.25) is 24.6 Å². The van der Waals surface area contributed by atoms with Gasteiger partial charge in [-0.1, -0.05) is 0 Å². The lowest BCUT2D eigenvalue weighted by Gasteiger charge is -2.28. The Morgan fingerprint density at radius 1 is 1.33 bits per heavy atom. The van der Waals surface area contributed by atoms with E-state index in [1.165, 1.54) is 31.3 Å². The molecule has 7 heteroatoms. The van der Waals surface area contributed by atoms with Crippen molar-refractivity contribution in [1.29, 1.82) is 0 Å². The Morgan fingerprint density at radius 3 is 2.67 bits per heavy atom. The van der Waals surface area contributed by atoms with Crippen molar-refractivity contribution in [2.24, 2.45) is 0 Å². The summed E-state index contributed by atoms with van der Waals surface area (Å²) in [6.07, 6.45) is 0.658. The molecule has 1 fully saturated rings. The van der Waals surface area contributed by atoms with Crippen molar-refractivity contribution in [2.75, 3.05) is 18.9 Å². The van der Waals surface area contributed by atoms with Crippen LogP contribution in [0.1, 0.15) is 12.8 Å². The molecule has 1 aliphatic rings. The number of halogens is 1. The summed E-state index contributed by atoms with van der Waals surface area (Å²) in [5, 5.41) is 5.41. The molecule has 112 valence electrons. The van der Waals surface area contributed by atoms with Crippen molar-refractivity contribution in [3.05, 3.63) is 30.1 Å². The molecule has 1 aromatic rings. The van der Waals surface area contributed by atoms with E-state index < -0.39 is 6.04 Å². The lowest BCUT2D eigenvalue weighted by molar-refractivity contribution is -0.148. The number of nitrogens with one attached hydrogen (secondary N) is 2. The van der Waals surface area contributed by atoms with Crippen molar-refractivity contribution in [3.8, 4) is 0 Å². The molecule has 1 aromatic carbocycles. The maximum absolute atomic E-state index is 12.7. The van der Waals surface area contributed by atoms with Crippen LogP contribution in [-0.4, -0.2) is 42.3 Å². The van der Waals surface area contributed by atoms with E-state index in [1.54, 1.807) is 0 Å². The fourth-order valence-electron chi connectivity index (χ4n) is 2.06. The Balaban J connectivity index is 1.82. The minimum absolute atomic E-state index is 0.0597. The Morgan fingerprint density at radius 2 is 2.00 bits per heavy atom. The van der Waals surface area contributed by atoms with Crippen LogP contribution in [0.2, 0.25) is 0 Å². The number of hydrogen-bond acceptors (Lipinski definition) is 4. The molecule has 1 unspecified atom stereocenters. The quantitative estimate of drug-likeness (QED) is 0.793. The van der Waals surface area contributed by atoms with Gasteiger partial charge in [-0.25, -0.2) is 4.39 Å². The third-order valence-corrected chi connectivity index (χ3v) is 3.29. The number of likely N-dealkylation sites (N-methyl/N-ethyl adjacent to an activating group) is 1. The average molecular weight is 293 g/mol. The second-order valence-corrected chi connectivity index (χ2v) is 4.82. The van der Waals surface area contributed by atoms with Gasteiger partial charge in [0.25, 0.3) is 0 Å². The number of anilines is 1.